The first-order valence-electron chi connectivity index (χ1n) is 9.14. The molecular formula is C20H21N5O3. The minimum Gasteiger partial charge on any atom is -0.478 e. The van der Waals surface area contributed by atoms with Gasteiger partial charge in [-0.2, -0.15) is 0 Å². The summed E-state index contributed by atoms with van der Waals surface area (Å²) in [5, 5.41) is 21.6. The van der Waals surface area contributed by atoms with E-state index in [2.05, 4.69) is 22.2 Å². The topological polar surface area (TPSA) is 102 Å². The summed E-state index contributed by atoms with van der Waals surface area (Å²) in [5.41, 5.74) is 1.69. The van der Waals surface area contributed by atoms with Crippen LogP contribution in [0.3, 0.4) is 0 Å². The summed E-state index contributed by atoms with van der Waals surface area (Å²) in [4.78, 5) is 24.1. The van der Waals surface area contributed by atoms with Crippen molar-refractivity contribution < 1.29 is 14.7 Å². The molecule has 8 heteroatoms. The number of aromatic nitrogens is 4. The standard InChI is InChI=1S/C20H21N5O3/c1-3-4-9-21-18(26)14-10-13(14)15-11-25(23-22-15)19-17(20(27)28)12-7-5-6-8-16(12)24(19)2/h3,5-8,11,13-14H,1,4,9-10H2,2H3,(H,21,26)(H,27,28)/t13-,14+/m1/s1. The van der Waals surface area contributed by atoms with E-state index in [1.54, 1.807) is 30.0 Å². The summed E-state index contributed by atoms with van der Waals surface area (Å²) < 4.78 is 3.29. The molecule has 2 N–H and O–H groups in total. The molecule has 1 aromatic carbocycles. The predicted molar refractivity (Wildman–Crippen MR) is 103 cm³/mol. The van der Waals surface area contributed by atoms with Gasteiger partial charge in [0.15, 0.2) is 5.82 Å². The maximum atomic E-state index is 12.2. The number of aromatic carboxylic acids is 1. The number of benzene rings is 1. The van der Waals surface area contributed by atoms with Crippen LogP contribution in [0.4, 0.5) is 0 Å². The summed E-state index contributed by atoms with van der Waals surface area (Å²) in [6.45, 7) is 4.22. The molecule has 2 atom stereocenters. The fourth-order valence-corrected chi connectivity index (χ4v) is 3.65. The van der Waals surface area contributed by atoms with Gasteiger partial charge >= 0.3 is 5.97 Å². The van der Waals surface area contributed by atoms with Crippen LogP contribution in [-0.4, -0.2) is 43.1 Å². The summed E-state index contributed by atoms with van der Waals surface area (Å²) in [6.07, 6.45) is 4.94. The highest BCUT2D eigenvalue weighted by atomic mass is 16.4. The van der Waals surface area contributed by atoms with Crippen molar-refractivity contribution in [3.8, 4) is 5.82 Å². The van der Waals surface area contributed by atoms with Gasteiger partial charge in [0.05, 0.1) is 17.4 Å². The molecule has 1 aliphatic carbocycles. The van der Waals surface area contributed by atoms with Crippen LogP contribution in [0.1, 0.15) is 34.8 Å². The molecule has 2 heterocycles. The second kappa shape index (κ2) is 6.95. The Balaban J connectivity index is 1.62. The number of hydrogen-bond acceptors (Lipinski definition) is 4. The lowest BCUT2D eigenvalue weighted by atomic mass is 10.1. The smallest absolute Gasteiger partial charge is 0.340 e. The van der Waals surface area contributed by atoms with Crippen molar-refractivity contribution in [1.29, 1.82) is 0 Å². The van der Waals surface area contributed by atoms with Crippen LogP contribution in [0.5, 0.6) is 0 Å². The molecule has 2 aromatic heterocycles. The molecule has 144 valence electrons. The average molecular weight is 379 g/mol. The van der Waals surface area contributed by atoms with E-state index >= 15 is 0 Å². The second-order valence-electron chi connectivity index (χ2n) is 6.98. The molecule has 0 bridgehead atoms. The highest BCUT2D eigenvalue weighted by Crippen LogP contribution is 2.46. The minimum absolute atomic E-state index is 0.0113. The predicted octanol–water partition coefficient (Wildman–Crippen LogP) is 2.25. The van der Waals surface area contributed by atoms with Gasteiger partial charge < -0.3 is 15.0 Å². The Labute approximate surface area is 161 Å². The Morgan fingerprint density at radius 3 is 2.93 bits per heavy atom. The van der Waals surface area contributed by atoms with Gasteiger partial charge in [0, 0.05) is 30.8 Å². The van der Waals surface area contributed by atoms with E-state index in [0.29, 0.717) is 23.4 Å². The maximum absolute atomic E-state index is 12.2. The van der Waals surface area contributed by atoms with Gasteiger partial charge in [0.25, 0.3) is 0 Å². The van der Waals surface area contributed by atoms with Crippen molar-refractivity contribution in [2.45, 2.75) is 18.8 Å². The number of amides is 1. The molecule has 1 saturated carbocycles. The lowest BCUT2D eigenvalue weighted by molar-refractivity contribution is -0.122. The number of carbonyl (C=O) groups is 2. The third-order valence-electron chi connectivity index (χ3n) is 5.17. The van der Waals surface area contributed by atoms with Crippen LogP contribution in [0, 0.1) is 5.92 Å². The van der Waals surface area contributed by atoms with Crippen molar-refractivity contribution in [1.82, 2.24) is 24.9 Å². The molecule has 4 rings (SSSR count). The number of carbonyl (C=O) groups excluding carboxylic acids is 1. The van der Waals surface area contributed by atoms with Crippen LogP contribution in [0.25, 0.3) is 16.7 Å². The van der Waals surface area contributed by atoms with Gasteiger partial charge in [0.2, 0.25) is 5.91 Å². The Bertz CT molecular complexity index is 1080. The van der Waals surface area contributed by atoms with Crippen LogP contribution < -0.4 is 5.32 Å². The van der Waals surface area contributed by atoms with Crippen molar-refractivity contribution in [2.75, 3.05) is 6.54 Å². The molecule has 0 radical (unpaired) electrons. The Hall–Kier alpha value is -3.42. The normalized spacial score (nSPS) is 18.2. The van der Waals surface area contributed by atoms with Gasteiger partial charge in [-0.1, -0.05) is 29.5 Å². The number of nitrogens with zero attached hydrogens (tertiary/aromatic N) is 4. The fraction of sp³-hybridized carbons (Fsp3) is 0.300. The summed E-state index contributed by atoms with van der Waals surface area (Å²) >= 11 is 0. The van der Waals surface area contributed by atoms with E-state index in [1.807, 2.05) is 18.2 Å². The maximum Gasteiger partial charge on any atom is 0.340 e. The molecule has 0 spiro atoms. The van der Waals surface area contributed by atoms with Gasteiger partial charge in [-0.05, 0) is 18.9 Å². The first kappa shape index (κ1) is 18.0. The van der Waals surface area contributed by atoms with E-state index in [0.717, 1.165) is 18.4 Å². The Morgan fingerprint density at radius 1 is 1.39 bits per heavy atom. The minimum atomic E-state index is -1.02. The number of para-hydroxylation sites is 1. The number of rotatable bonds is 7. The average Bonchev–Trinajstić information content (AvgIpc) is 3.24. The van der Waals surface area contributed by atoms with Gasteiger partial charge in [-0.15, -0.1) is 11.7 Å². The summed E-state index contributed by atoms with van der Waals surface area (Å²) in [6, 6.07) is 7.33. The number of aryl methyl sites for hydroxylation is 1. The lowest BCUT2D eigenvalue weighted by Gasteiger charge is -2.04. The number of hydrogen-bond donors (Lipinski definition) is 2. The van der Waals surface area contributed by atoms with Crippen molar-refractivity contribution in [3.05, 3.63) is 54.4 Å². The number of fused-ring (bicyclic) bond motifs is 1. The molecule has 28 heavy (non-hydrogen) atoms. The largest absolute Gasteiger partial charge is 0.478 e. The van der Waals surface area contributed by atoms with Crippen molar-refractivity contribution >= 4 is 22.8 Å². The quantitative estimate of drug-likeness (QED) is 0.484. The van der Waals surface area contributed by atoms with E-state index in [1.165, 1.54) is 4.68 Å². The van der Waals surface area contributed by atoms with Crippen molar-refractivity contribution in [2.24, 2.45) is 13.0 Å². The number of carboxylic acid groups (broad SMARTS) is 1. The van der Waals surface area contributed by atoms with E-state index in [-0.39, 0.29) is 23.3 Å². The zero-order valence-corrected chi connectivity index (χ0v) is 15.5. The van der Waals surface area contributed by atoms with Crippen LogP contribution in [-0.2, 0) is 11.8 Å². The van der Waals surface area contributed by atoms with Gasteiger partial charge in [0.1, 0.15) is 5.56 Å². The summed E-state index contributed by atoms with van der Waals surface area (Å²) in [5.74, 6) is -0.658. The van der Waals surface area contributed by atoms with Crippen LogP contribution in [0.2, 0.25) is 0 Å². The van der Waals surface area contributed by atoms with E-state index in [4.69, 9.17) is 0 Å². The molecule has 0 aliphatic heterocycles. The molecule has 1 aliphatic rings. The van der Waals surface area contributed by atoms with Crippen molar-refractivity contribution in [3.63, 3.8) is 0 Å². The monoisotopic (exact) mass is 379 g/mol. The molecular weight excluding hydrogens is 358 g/mol. The SMILES string of the molecule is C=CCCNC(=O)[C@H]1C[C@H]1c1cn(-c2c(C(=O)O)c3ccccc3n2C)nn1. The Morgan fingerprint density at radius 2 is 2.18 bits per heavy atom. The van der Waals surface area contributed by atoms with Crippen LogP contribution >= 0.6 is 0 Å². The van der Waals surface area contributed by atoms with Gasteiger partial charge in [-0.25, -0.2) is 9.48 Å². The molecule has 1 amide bonds. The molecule has 0 unspecified atom stereocenters. The third-order valence-corrected chi connectivity index (χ3v) is 5.17. The molecule has 8 nitrogen and oxygen atoms in total. The molecule has 0 saturated heterocycles. The second-order valence-corrected chi connectivity index (χ2v) is 6.98. The summed E-state index contributed by atoms with van der Waals surface area (Å²) in [7, 11) is 1.80. The number of nitrogens with one attached hydrogen (secondary N) is 1. The van der Waals surface area contributed by atoms with E-state index < -0.39 is 5.97 Å². The highest BCUT2D eigenvalue weighted by Gasteiger charge is 2.45. The van der Waals surface area contributed by atoms with E-state index in [9.17, 15) is 14.7 Å². The van der Waals surface area contributed by atoms with Gasteiger partial charge in [-0.3, -0.25) is 4.79 Å². The zero-order valence-electron chi connectivity index (χ0n) is 15.5. The first-order valence-corrected chi connectivity index (χ1v) is 9.14. The zero-order chi connectivity index (χ0) is 19.8. The highest BCUT2D eigenvalue weighted by molar-refractivity contribution is 6.07. The lowest BCUT2D eigenvalue weighted by Crippen LogP contribution is -2.26. The number of carboxylic acids is 1. The Kier molecular flexibility index (Phi) is 4.46. The third kappa shape index (κ3) is 2.96. The first-order chi connectivity index (χ1) is 13.5. The molecule has 3 aromatic rings. The molecule has 1 fully saturated rings. The fourth-order valence-electron chi connectivity index (χ4n) is 3.65. The van der Waals surface area contributed by atoms with Crippen LogP contribution in [0.15, 0.2) is 43.1 Å².